The number of nitrogen functional groups attached to an aromatic ring is 2. The molecule has 0 aromatic heterocycles. The Bertz CT molecular complexity index is 463. The molecular weight excluding hydrogens is 204 g/mol. The van der Waals surface area contributed by atoms with Gasteiger partial charge in [-0.3, -0.25) is 4.79 Å². The highest BCUT2D eigenvalue weighted by atomic mass is 16.1. The molecule has 0 saturated heterocycles. The van der Waals surface area contributed by atoms with Crippen LogP contribution in [0.2, 0.25) is 0 Å². The number of amidine groups is 1. The highest BCUT2D eigenvalue weighted by Crippen LogP contribution is 2.30. The van der Waals surface area contributed by atoms with Crippen molar-refractivity contribution < 1.29 is 4.79 Å². The van der Waals surface area contributed by atoms with E-state index in [4.69, 9.17) is 17.2 Å². The van der Waals surface area contributed by atoms with Gasteiger partial charge in [0.05, 0.1) is 0 Å². The Kier molecular flexibility index (Phi) is 2.52. The number of amides is 1. The molecule has 1 aromatic carbocycles. The van der Waals surface area contributed by atoms with E-state index in [2.05, 4.69) is 4.99 Å². The average molecular weight is 218 g/mol. The van der Waals surface area contributed by atoms with Gasteiger partial charge in [0, 0.05) is 22.9 Å². The zero-order chi connectivity index (χ0) is 11.7. The molecule has 0 unspecified atom stereocenters. The number of hydrogen-bond donors (Lipinski definition) is 3. The summed E-state index contributed by atoms with van der Waals surface area (Å²) in [7, 11) is 0. The summed E-state index contributed by atoms with van der Waals surface area (Å²) in [5.41, 5.74) is 18.6. The highest BCUT2D eigenvalue weighted by molar-refractivity contribution is 6.08. The summed E-state index contributed by atoms with van der Waals surface area (Å²) >= 11 is 0. The molecule has 0 atom stereocenters. The summed E-state index contributed by atoms with van der Waals surface area (Å²) < 4.78 is 0. The molecule has 1 fully saturated rings. The quantitative estimate of drug-likeness (QED) is 0.381. The summed E-state index contributed by atoms with van der Waals surface area (Å²) in [5.74, 6) is 0.0295. The van der Waals surface area contributed by atoms with Gasteiger partial charge in [-0.2, -0.15) is 4.99 Å². The monoisotopic (exact) mass is 218 g/mol. The van der Waals surface area contributed by atoms with Crippen LogP contribution in [-0.2, 0) is 4.79 Å². The number of rotatable bonds is 2. The van der Waals surface area contributed by atoms with Gasteiger partial charge in [-0.15, -0.1) is 0 Å². The van der Waals surface area contributed by atoms with Gasteiger partial charge in [0.1, 0.15) is 5.84 Å². The summed E-state index contributed by atoms with van der Waals surface area (Å²) in [6, 6.07) is 4.94. The maximum absolute atomic E-state index is 11.4. The summed E-state index contributed by atoms with van der Waals surface area (Å²) in [6.45, 7) is 0. The van der Waals surface area contributed by atoms with E-state index in [1.165, 1.54) is 0 Å². The normalized spacial score (nSPS) is 16.1. The van der Waals surface area contributed by atoms with Crippen molar-refractivity contribution in [1.82, 2.24) is 0 Å². The second-order valence-electron chi connectivity index (χ2n) is 3.96. The molecule has 1 aromatic rings. The van der Waals surface area contributed by atoms with Crippen LogP contribution in [-0.4, -0.2) is 11.7 Å². The first kappa shape index (κ1) is 10.5. The number of carbonyl (C=O) groups is 1. The molecule has 0 radical (unpaired) electrons. The highest BCUT2D eigenvalue weighted by Gasteiger charge is 2.29. The lowest BCUT2D eigenvalue weighted by atomic mass is 10.1. The van der Waals surface area contributed by atoms with Gasteiger partial charge in [-0.05, 0) is 31.0 Å². The molecule has 0 bridgehead atoms. The molecule has 1 aliphatic rings. The van der Waals surface area contributed by atoms with Crippen LogP contribution in [0.4, 0.5) is 11.4 Å². The van der Waals surface area contributed by atoms with Gasteiger partial charge in [0.2, 0.25) is 0 Å². The maximum Gasteiger partial charge on any atom is 0.250 e. The first-order chi connectivity index (χ1) is 7.58. The Labute approximate surface area is 93.3 Å². The lowest BCUT2D eigenvalue weighted by molar-refractivity contribution is -0.118. The van der Waals surface area contributed by atoms with Gasteiger partial charge in [-0.25, -0.2) is 0 Å². The number of hydrogen-bond acceptors (Lipinski definition) is 3. The first-order valence-corrected chi connectivity index (χ1v) is 5.11. The van der Waals surface area contributed by atoms with Crippen molar-refractivity contribution >= 4 is 23.1 Å². The Morgan fingerprint density at radius 3 is 2.62 bits per heavy atom. The van der Waals surface area contributed by atoms with Crippen LogP contribution >= 0.6 is 0 Å². The molecule has 1 aliphatic carbocycles. The van der Waals surface area contributed by atoms with Crippen LogP contribution < -0.4 is 17.2 Å². The molecule has 6 N–H and O–H groups in total. The van der Waals surface area contributed by atoms with Crippen LogP contribution in [0.5, 0.6) is 0 Å². The summed E-state index contributed by atoms with van der Waals surface area (Å²) in [5, 5.41) is 0. The lowest BCUT2D eigenvalue weighted by Crippen LogP contribution is -2.18. The number of aliphatic imine (C=N–C) groups is 1. The molecular formula is C11H14N4O. The van der Waals surface area contributed by atoms with Gasteiger partial charge in [0.15, 0.2) is 0 Å². The van der Waals surface area contributed by atoms with Crippen LogP contribution in [0, 0.1) is 5.92 Å². The molecule has 0 aliphatic heterocycles. The summed E-state index contributed by atoms with van der Waals surface area (Å²) in [4.78, 5) is 15.3. The average Bonchev–Trinajstić information content (AvgIpc) is 3.04. The van der Waals surface area contributed by atoms with E-state index in [-0.39, 0.29) is 17.7 Å². The van der Waals surface area contributed by atoms with E-state index in [1.54, 1.807) is 18.2 Å². The molecule has 1 saturated carbocycles. The topological polar surface area (TPSA) is 107 Å². The van der Waals surface area contributed by atoms with E-state index < -0.39 is 0 Å². The molecule has 16 heavy (non-hydrogen) atoms. The Hall–Kier alpha value is -2.04. The predicted octanol–water partition coefficient (Wildman–Crippen LogP) is 0.493. The van der Waals surface area contributed by atoms with Gasteiger partial charge in [-0.1, -0.05) is 0 Å². The molecule has 5 heteroatoms. The standard InChI is InChI=1S/C11H14N4O/c12-7-3-4-9(13)8(5-7)10(14)15-11(16)6-1-2-6/h3-6H,1-2,12-13H2,(H2,14,15,16). The fraction of sp³-hybridized carbons (Fsp3) is 0.273. The SMILES string of the molecule is NC(=NC(=O)C1CC1)c1cc(N)ccc1N. The third-order valence-electron chi connectivity index (χ3n) is 2.51. The van der Waals surface area contributed by atoms with Crippen LogP contribution in [0.15, 0.2) is 23.2 Å². The molecule has 1 amide bonds. The van der Waals surface area contributed by atoms with E-state index in [9.17, 15) is 4.79 Å². The fourth-order valence-corrected chi connectivity index (χ4v) is 1.40. The van der Waals surface area contributed by atoms with Crippen LogP contribution in [0.25, 0.3) is 0 Å². The fourth-order valence-electron chi connectivity index (χ4n) is 1.40. The molecule has 2 rings (SSSR count). The predicted molar refractivity (Wildman–Crippen MR) is 63.7 cm³/mol. The molecule has 84 valence electrons. The van der Waals surface area contributed by atoms with Gasteiger partial charge < -0.3 is 17.2 Å². The van der Waals surface area contributed by atoms with E-state index in [0.29, 0.717) is 16.9 Å². The lowest BCUT2D eigenvalue weighted by Gasteiger charge is -2.05. The third kappa shape index (κ3) is 2.13. The van der Waals surface area contributed by atoms with Crippen LogP contribution in [0.1, 0.15) is 18.4 Å². The van der Waals surface area contributed by atoms with E-state index in [1.807, 2.05) is 0 Å². The first-order valence-electron chi connectivity index (χ1n) is 5.11. The van der Waals surface area contributed by atoms with Crippen molar-refractivity contribution in [3.8, 4) is 0 Å². The van der Waals surface area contributed by atoms with Crippen molar-refractivity contribution in [2.75, 3.05) is 11.5 Å². The smallest absolute Gasteiger partial charge is 0.250 e. The van der Waals surface area contributed by atoms with E-state index >= 15 is 0 Å². The number of benzene rings is 1. The molecule has 0 spiro atoms. The zero-order valence-electron chi connectivity index (χ0n) is 8.81. The van der Waals surface area contributed by atoms with Crippen molar-refractivity contribution in [1.29, 1.82) is 0 Å². The largest absolute Gasteiger partial charge is 0.399 e. The zero-order valence-corrected chi connectivity index (χ0v) is 8.81. The van der Waals surface area contributed by atoms with Crippen LogP contribution in [0.3, 0.4) is 0 Å². The number of nitrogens with two attached hydrogens (primary N) is 3. The molecule has 0 heterocycles. The third-order valence-corrected chi connectivity index (χ3v) is 2.51. The Morgan fingerprint density at radius 1 is 1.31 bits per heavy atom. The van der Waals surface area contributed by atoms with Crippen molar-refractivity contribution in [3.63, 3.8) is 0 Å². The molecule has 5 nitrogen and oxygen atoms in total. The number of anilines is 2. The number of carbonyl (C=O) groups excluding carboxylic acids is 1. The minimum atomic E-state index is -0.167. The van der Waals surface area contributed by atoms with Gasteiger partial charge in [0.25, 0.3) is 5.91 Å². The summed E-state index contributed by atoms with van der Waals surface area (Å²) in [6.07, 6.45) is 1.81. The second kappa shape index (κ2) is 3.84. The van der Waals surface area contributed by atoms with Crippen molar-refractivity contribution in [2.45, 2.75) is 12.8 Å². The van der Waals surface area contributed by atoms with Crippen molar-refractivity contribution in [3.05, 3.63) is 23.8 Å². The maximum atomic E-state index is 11.4. The minimum absolute atomic E-state index is 0.0563. The Balaban J connectivity index is 2.28. The second-order valence-corrected chi connectivity index (χ2v) is 3.96. The minimum Gasteiger partial charge on any atom is -0.399 e. The van der Waals surface area contributed by atoms with E-state index in [0.717, 1.165) is 12.8 Å². The van der Waals surface area contributed by atoms with Gasteiger partial charge >= 0.3 is 0 Å². The number of nitrogens with zero attached hydrogens (tertiary/aromatic N) is 1. The Morgan fingerprint density at radius 2 is 2.00 bits per heavy atom. The van der Waals surface area contributed by atoms with Crippen molar-refractivity contribution in [2.24, 2.45) is 16.6 Å².